The number of aryl methyl sites for hydroxylation is 1. The predicted octanol–water partition coefficient (Wildman–Crippen LogP) is 2.35. The first kappa shape index (κ1) is 14.8. The molecule has 1 aliphatic heterocycles. The third-order valence-electron chi connectivity index (χ3n) is 4.14. The van der Waals surface area contributed by atoms with Crippen molar-refractivity contribution in [2.24, 2.45) is 7.05 Å². The van der Waals surface area contributed by atoms with E-state index in [1.165, 1.54) is 0 Å². The molecular weight excluding hydrogens is 278 g/mol. The highest BCUT2D eigenvalue weighted by atomic mass is 16.2. The average Bonchev–Trinajstić information content (AvgIpc) is 3.16. The van der Waals surface area contributed by atoms with Crippen molar-refractivity contribution in [1.82, 2.24) is 24.5 Å². The topological polar surface area (TPSA) is 56.0 Å². The van der Waals surface area contributed by atoms with Gasteiger partial charge in [0.05, 0.1) is 29.5 Å². The molecule has 1 aliphatic rings. The highest BCUT2D eigenvalue weighted by Gasteiger charge is 2.32. The molecule has 0 N–H and O–H groups in total. The molecule has 0 saturated carbocycles. The van der Waals surface area contributed by atoms with Crippen LogP contribution in [0.3, 0.4) is 0 Å². The normalized spacial score (nSPS) is 18.9. The summed E-state index contributed by atoms with van der Waals surface area (Å²) in [5.74, 6) is 0.0573. The average molecular weight is 301 g/mol. The van der Waals surface area contributed by atoms with Crippen LogP contribution in [0, 0.1) is 0 Å². The van der Waals surface area contributed by atoms with Crippen LogP contribution in [-0.4, -0.2) is 36.9 Å². The molecule has 0 radical (unpaired) electrons. The van der Waals surface area contributed by atoms with Gasteiger partial charge >= 0.3 is 0 Å². The molecule has 3 rings (SSSR count). The van der Waals surface area contributed by atoms with E-state index >= 15 is 0 Å². The van der Waals surface area contributed by atoms with Crippen LogP contribution in [0.5, 0.6) is 0 Å². The van der Waals surface area contributed by atoms with Crippen LogP contribution in [0.2, 0.25) is 0 Å². The molecule has 1 saturated heterocycles. The van der Waals surface area contributed by atoms with Crippen molar-refractivity contribution in [3.63, 3.8) is 0 Å². The lowest BCUT2D eigenvalue weighted by Gasteiger charge is -2.23. The maximum absolute atomic E-state index is 12.8. The number of amides is 1. The molecule has 0 unspecified atom stereocenters. The van der Waals surface area contributed by atoms with E-state index in [4.69, 9.17) is 0 Å². The predicted molar refractivity (Wildman–Crippen MR) is 83.4 cm³/mol. The van der Waals surface area contributed by atoms with Crippen molar-refractivity contribution in [1.29, 1.82) is 0 Å². The fraction of sp³-hybridized carbons (Fsp3) is 0.562. The van der Waals surface area contributed by atoms with Crippen LogP contribution in [-0.2, 0) is 12.6 Å². The minimum absolute atomic E-state index is 0.0573. The van der Waals surface area contributed by atoms with Gasteiger partial charge in [-0.3, -0.25) is 14.2 Å². The third kappa shape index (κ3) is 2.65. The van der Waals surface area contributed by atoms with Crippen molar-refractivity contribution in [3.05, 3.63) is 35.9 Å². The second kappa shape index (κ2) is 5.26. The maximum atomic E-state index is 12.8. The van der Waals surface area contributed by atoms with Gasteiger partial charge in [0.15, 0.2) is 0 Å². The van der Waals surface area contributed by atoms with E-state index in [1.807, 2.05) is 35.2 Å². The van der Waals surface area contributed by atoms with E-state index in [2.05, 4.69) is 31.0 Å². The van der Waals surface area contributed by atoms with Crippen LogP contribution in [0.25, 0.3) is 0 Å². The second-order valence-electron chi connectivity index (χ2n) is 6.95. The molecule has 6 heteroatoms. The van der Waals surface area contributed by atoms with Gasteiger partial charge < -0.3 is 4.90 Å². The number of carbonyl (C=O) groups is 1. The van der Waals surface area contributed by atoms with Crippen LogP contribution in [0.4, 0.5) is 0 Å². The molecule has 3 heterocycles. The van der Waals surface area contributed by atoms with E-state index in [0.29, 0.717) is 5.56 Å². The number of nitrogens with zero attached hydrogens (tertiary/aromatic N) is 5. The van der Waals surface area contributed by atoms with Gasteiger partial charge in [0.2, 0.25) is 0 Å². The molecule has 22 heavy (non-hydrogen) atoms. The number of hydrogen-bond acceptors (Lipinski definition) is 3. The summed E-state index contributed by atoms with van der Waals surface area (Å²) in [4.78, 5) is 14.8. The summed E-state index contributed by atoms with van der Waals surface area (Å²) >= 11 is 0. The molecule has 1 fully saturated rings. The standard InChI is InChI=1S/C16H23N5O/c1-16(2,3)21-11-13(9-18-21)15(22)20-7-5-6-14(20)12-8-17-19(4)10-12/h8-11,14H,5-7H2,1-4H3/t14-/m1/s1. The Balaban J connectivity index is 1.83. The minimum Gasteiger partial charge on any atom is -0.331 e. The molecule has 118 valence electrons. The second-order valence-corrected chi connectivity index (χ2v) is 6.95. The highest BCUT2D eigenvalue weighted by Crippen LogP contribution is 2.32. The smallest absolute Gasteiger partial charge is 0.257 e. The lowest BCUT2D eigenvalue weighted by molar-refractivity contribution is 0.0735. The highest BCUT2D eigenvalue weighted by molar-refractivity contribution is 5.94. The quantitative estimate of drug-likeness (QED) is 0.855. The summed E-state index contributed by atoms with van der Waals surface area (Å²) in [5.41, 5.74) is 1.65. The Morgan fingerprint density at radius 3 is 2.59 bits per heavy atom. The van der Waals surface area contributed by atoms with Crippen molar-refractivity contribution >= 4 is 5.91 Å². The van der Waals surface area contributed by atoms with Gasteiger partial charge in [-0.1, -0.05) is 0 Å². The largest absolute Gasteiger partial charge is 0.331 e. The van der Waals surface area contributed by atoms with E-state index in [1.54, 1.807) is 10.9 Å². The van der Waals surface area contributed by atoms with Gasteiger partial charge in [-0.2, -0.15) is 10.2 Å². The first-order valence-corrected chi connectivity index (χ1v) is 7.71. The molecule has 0 bridgehead atoms. The minimum atomic E-state index is -0.119. The lowest BCUT2D eigenvalue weighted by atomic mass is 10.1. The summed E-state index contributed by atoms with van der Waals surface area (Å²) in [6, 6.07) is 0.124. The molecule has 1 atom stereocenters. The van der Waals surface area contributed by atoms with Gasteiger partial charge in [0, 0.05) is 31.5 Å². The van der Waals surface area contributed by atoms with Crippen LogP contribution >= 0.6 is 0 Å². The Hall–Kier alpha value is -2.11. The Morgan fingerprint density at radius 1 is 1.23 bits per heavy atom. The zero-order chi connectivity index (χ0) is 15.9. The fourth-order valence-corrected chi connectivity index (χ4v) is 2.93. The Labute approximate surface area is 130 Å². The summed E-state index contributed by atoms with van der Waals surface area (Å²) < 4.78 is 3.63. The zero-order valence-electron chi connectivity index (χ0n) is 13.7. The molecule has 0 spiro atoms. The number of aromatic nitrogens is 4. The van der Waals surface area contributed by atoms with E-state index < -0.39 is 0 Å². The molecule has 1 amide bonds. The zero-order valence-corrected chi connectivity index (χ0v) is 13.7. The van der Waals surface area contributed by atoms with Gasteiger partial charge in [-0.05, 0) is 33.6 Å². The van der Waals surface area contributed by atoms with Crippen molar-refractivity contribution < 1.29 is 4.79 Å². The summed E-state index contributed by atoms with van der Waals surface area (Å²) in [6.45, 7) is 7.01. The fourth-order valence-electron chi connectivity index (χ4n) is 2.93. The Bertz CT molecular complexity index is 679. The number of carbonyl (C=O) groups excluding carboxylic acids is 1. The van der Waals surface area contributed by atoms with E-state index in [-0.39, 0.29) is 17.5 Å². The monoisotopic (exact) mass is 301 g/mol. The number of likely N-dealkylation sites (tertiary alicyclic amines) is 1. The SMILES string of the molecule is Cn1cc([C@H]2CCCN2C(=O)c2cnn(C(C)(C)C)c2)cn1. The molecule has 2 aromatic heterocycles. The molecular formula is C16H23N5O. The van der Waals surface area contributed by atoms with Crippen LogP contribution in [0.15, 0.2) is 24.8 Å². The first-order chi connectivity index (χ1) is 10.4. The lowest BCUT2D eigenvalue weighted by Crippen LogP contribution is -2.30. The maximum Gasteiger partial charge on any atom is 0.257 e. The number of rotatable bonds is 2. The molecule has 0 aromatic carbocycles. The summed E-state index contributed by atoms with van der Waals surface area (Å²) in [6.07, 6.45) is 9.39. The van der Waals surface area contributed by atoms with Crippen molar-refractivity contribution in [3.8, 4) is 0 Å². The molecule has 0 aliphatic carbocycles. The summed E-state index contributed by atoms with van der Waals surface area (Å²) in [7, 11) is 1.90. The van der Waals surface area contributed by atoms with Crippen molar-refractivity contribution in [2.45, 2.75) is 45.2 Å². The summed E-state index contributed by atoms with van der Waals surface area (Å²) in [5, 5.41) is 8.56. The Kier molecular flexibility index (Phi) is 3.54. The molecule has 6 nitrogen and oxygen atoms in total. The van der Waals surface area contributed by atoms with E-state index in [9.17, 15) is 4.79 Å². The molecule has 2 aromatic rings. The Morgan fingerprint density at radius 2 is 2.00 bits per heavy atom. The van der Waals surface area contributed by atoms with Crippen LogP contribution in [0.1, 0.15) is 55.6 Å². The van der Waals surface area contributed by atoms with E-state index in [0.717, 1.165) is 24.9 Å². The van der Waals surface area contributed by atoms with Gasteiger partial charge in [0.25, 0.3) is 5.91 Å². The van der Waals surface area contributed by atoms with Gasteiger partial charge in [-0.15, -0.1) is 0 Å². The first-order valence-electron chi connectivity index (χ1n) is 7.71. The van der Waals surface area contributed by atoms with Gasteiger partial charge in [0.1, 0.15) is 0 Å². The third-order valence-corrected chi connectivity index (χ3v) is 4.14. The van der Waals surface area contributed by atoms with Crippen molar-refractivity contribution in [2.75, 3.05) is 6.54 Å². The van der Waals surface area contributed by atoms with Gasteiger partial charge in [-0.25, -0.2) is 0 Å². The van der Waals surface area contributed by atoms with Crippen LogP contribution < -0.4 is 0 Å². The number of hydrogen-bond donors (Lipinski definition) is 0.